The molecule has 2 heterocycles. The quantitative estimate of drug-likeness (QED) is 0.796. The standard InChI is InChI=1S/C20H22N4O4/c1-13-21-19(23-28-13)20(10-5-2-6-11-20)22-16(25)9-12-24-17(26)14-7-3-4-8-15(14)18(24)27/h3-4,7-8H,2,5-6,9-12H2,1H3,(H,22,25). The monoisotopic (exact) mass is 382 g/mol. The zero-order chi connectivity index (χ0) is 19.7. The second-order valence-corrected chi connectivity index (χ2v) is 7.39. The molecule has 0 unspecified atom stereocenters. The number of rotatable bonds is 5. The third-order valence-electron chi connectivity index (χ3n) is 5.48. The zero-order valence-corrected chi connectivity index (χ0v) is 15.7. The van der Waals surface area contributed by atoms with Crippen molar-refractivity contribution in [2.24, 2.45) is 0 Å². The summed E-state index contributed by atoms with van der Waals surface area (Å²) in [4.78, 5) is 43.0. The van der Waals surface area contributed by atoms with Crippen LogP contribution in [0, 0.1) is 6.92 Å². The summed E-state index contributed by atoms with van der Waals surface area (Å²) >= 11 is 0. The second-order valence-electron chi connectivity index (χ2n) is 7.39. The Morgan fingerprint density at radius 3 is 2.36 bits per heavy atom. The Morgan fingerprint density at radius 2 is 1.79 bits per heavy atom. The van der Waals surface area contributed by atoms with Crippen molar-refractivity contribution < 1.29 is 18.9 Å². The summed E-state index contributed by atoms with van der Waals surface area (Å²) in [7, 11) is 0. The van der Waals surface area contributed by atoms with Gasteiger partial charge >= 0.3 is 0 Å². The van der Waals surface area contributed by atoms with E-state index in [2.05, 4.69) is 15.5 Å². The number of amides is 3. The summed E-state index contributed by atoms with van der Waals surface area (Å²) in [5, 5.41) is 7.10. The summed E-state index contributed by atoms with van der Waals surface area (Å²) in [6, 6.07) is 6.70. The lowest BCUT2D eigenvalue weighted by molar-refractivity contribution is -0.123. The molecule has 1 aliphatic heterocycles. The number of imide groups is 1. The Balaban J connectivity index is 1.44. The third kappa shape index (κ3) is 3.19. The van der Waals surface area contributed by atoms with Gasteiger partial charge in [-0.15, -0.1) is 0 Å². The molecule has 1 aliphatic carbocycles. The van der Waals surface area contributed by atoms with Crippen LogP contribution in [0.15, 0.2) is 28.8 Å². The highest BCUT2D eigenvalue weighted by molar-refractivity contribution is 6.21. The minimum atomic E-state index is -0.644. The van der Waals surface area contributed by atoms with Crippen LogP contribution in [-0.2, 0) is 10.3 Å². The highest BCUT2D eigenvalue weighted by atomic mass is 16.5. The molecule has 8 heteroatoms. The number of aryl methyl sites for hydroxylation is 1. The van der Waals surface area contributed by atoms with E-state index in [1.807, 2.05) is 0 Å². The maximum atomic E-state index is 12.7. The van der Waals surface area contributed by atoms with Gasteiger partial charge in [-0.2, -0.15) is 4.98 Å². The molecular weight excluding hydrogens is 360 g/mol. The van der Waals surface area contributed by atoms with Crippen molar-refractivity contribution in [2.75, 3.05) is 6.54 Å². The lowest BCUT2D eigenvalue weighted by Gasteiger charge is -2.35. The van der Waals surface area contributed by atoms with Crippen molar-refractivity contribution in [3.8, 4) is 0 Å². The predicted octanol–water partition coefficient (Wildman–Crippen LogP) is 2.34. The lowest BCUT2D eigenvalue weighted by Crippen LogP contribution is -2.48. The number of hydrogen-bond acceptors (Lipinski definition) is 6. The zero-order valence-electron chi connectivity index (χ0n) is 15.7. The van der Waals surface area contributed by atoms with Gasteiger partial charge in [0, 0.05) is 19.9 Å². The van der Waals surface area contributed by atoms with Crippen LogP contribution in [0.3, 0.4) is 0 Å². The van der Waals surface area contributed by atoms with Crippen LogP contribution < -0.4 is 5.32 Å². The van der Waals surface area contributed by atoms with E-state index in [9.17, 15) is 14.4 Å². The molecule has 146 valence electrons. The summed E-state index contributed by atoms with van der Waals surface area (Å²) in [5.74, 6) is 0.0176. The minimum absolute atomic E-state index is 0.0318. The van der Waals surface area contributed by atoms with Gasteiger partial charge in [0.25, 0.3) is 11.8 Å². The molecule has 1 saturated carbocycles. The SMILES string of the molecule is Cc1nc(C2(NC(=O)CCN3C(=O)c4ccccc4C3=O)CCCCC2)no1. The summed E-state index contributed by atoms with van der Waals surface area (Å²) in [6.45, 7) is 1.76. The van der Waals surface area contributed by atoms with Crippen LogP contribution in [0.25, 0.3) is 0 Å². The number of fused-ring (bicyclic) bond motifs is 1. The van der Waals surface area contributed by atoms with Gasteiger partial charge in [0.05, 0.1) is 11.1 Å². The van der Waals surface area contributed by atoms with Gasteiger partial charge in [0.15, 0.2) is 5.82 Å². The summed E-state index contributed by atoms with van der Waals surface area (Å²) < 4.78 is 5.12. The molecule has 0 bridgehead atoms. The number of carbonyl (C=O) groups excluding carboxylic acids is 3. The Morgan fingerprint density at radius 1 is 1.14 bits per heavy atom. The van der Waals surface area contributed by atoms with Crippen molar-refractivity contribution in [2.45, 2.75) is 51.0 Å². The van der Waals surface area contributed by atoms with Crippen molar-refractivity contribution in [1.82, 2.24) is 20.4 Å². The molecule has 0 atom stereocenters. The number of aromatic nitrogens is 2. The van der Waals surface area contributed by atoms with E-state index >= 15 is 0 Å². The molecule has 0 radical (unpaired) electrons. The normalized spacial score (nSPS) is 18.2. The van der Waals surface area contributed by atoms with E-state index in [1.54, 1.807) is 31.2 Å². The molecule has 3 amide bonds. The fourth-order valence-electron chi connectivity index (χ4n) is 4.04. The highest BCUT2D eigenvalue weighted by Crippen LogP contribution is 2.35. The van der Waals surface area contributed by atoms with Crippen molar-refractivity contribution in [3.05, 3.63) is 47.1 Å². The molecule has 1 N–H and O–H groups in total. The van der Waals surface area contributed by atoms with Gasteiger partial charge in [0.2, 0.25) is 11.8 Å². The van der Waals surface area contributed by atoms with E-state index in [-0.39, 0.29) is 30.7 Å². The second kappa shape index (κ2) is 7.18. The average molecular weight is 382 g/mol. The Labute approximate surface area is 162 Å². The van der Waals surface area contributed by atoms with Gasteiger partial charge < -0.3 is 9.84 Å². The third-order valence-corrected chi connectivity index (χ3v) is 5.48. The van der Waals surface area contributed by atoms with Crippen LogP contribution in [0.5, 0.6) is 0 Å². The number of hydrogen-bond donors (Lipinski definition) is 1. The van der Waals surface area contributed by atoms with E-state index in [0.29, 0.717) is 22.8 Å². The van der Waals surface area contributed by atoms with Crippen LogP contribution in [0.1, 0.15) is 71.0 Å². The first-order chi connectivity index (χ1) is 13.5. The van der Waals surface area contributed by atoms with Crippen LogP contribution in [-0.4, -0.2) is 39.3 Å². The number of carbonyl (C=O) groups is 3. The minimum Gasteiger partial charge on any atom is -0.343 e. The van der Waals surface area contributed by atoms with Crippen molar-refractivity contribution >= 4 is 17.7 Å². The Bertz CT molecular complexity index is 895. The maximum absolute atomic E-state index is 12.7. The first kappa shape index (κ1) is 18.3. The molecule has 0 saturated heterocycles. The molecular formula is C20H22N4O4. The van der Waals surface area contributed by atoms with Crippen molar-refractivity contribution in [3.63, 3.8) is 0 Å². The fourth-order valence-corrected chi connectivity index (χ4v) is 4.04. The molecule has 1 fully saturated rings. The number of nitrogens with one attached hydrogen (secondary N) is 1. The first-order valence-electron chi connectivity index (χ1n) is 9.57. The number of benzene rings is 1. The van der Waals surface area contributed by atoms with Gasteiger partial charge in [-0.1, -0.05) is 36.6 Å². The molecule has 1 aromatic heterocycles. The van der Waals surface area contributed by atoms with Gasteiger partial charge in [-0.25, -0.2) is 0 Å². The maximum Gasteiger partial charge on any atom is 0.261 e. The van der Waals surface area contributed by atoms with Crippen LogP contribution in [0.2, 0.25) is 0 Å². The average Bonchev–Trinajstić information content (AvgIpc) is 3.24. The lowest BCUT2D eigenvalue weighted by atomic mass is 9.81. The molecule has 0 spiro atoms. The molecule has 8 nitrogen and oxygen atoms in total. The molecule has 2 aromatic rings. The summed E-state index contributed by atoms with van der Waals surface area (Å²) in [5.41, 5.74) is 0.132. The fraction of sp³-hybridized carbons (Fsp3) is 0.450. The van der Waals surface area contributed by atoms with E-state index in [4.69, 9.17) is 4.52 Å². The van der Waals surface area contributed by atoms with Crippen LogP contribution in [0.4, 0.5) is 0 Å². The number of nitrogens with zero attached hydrogens (tertiary/aromatic N) is 3. The van der Waals surface area contributed by atoms with Crippen LogP contribution >= 0.6 is 0 Å². The largest absolute Gasteiger partial charge is 0.343 e. The van der Waals surface area contributed by atoms with E-state index in [0.717, 1.165) is 37.0 Å². The van der Waals surface area contributed by atoms with Gasteiger partial charge in [-0.05, 0) is 25.0 Å². The van der Waals surface area contributed by atoms with E-state index < -0.39 is 5.54 Å². The Hall–Kier alpha value is -3.03. The molecule has 4 rings (SSSR count). The van der Waals surface area contributed by atoms with E-state index in [1.165, 1.54) is 0 Å². The van der Waals surface area contributed by atoms with Gasteiger partial charge in [0.1, 0.15) is 5.54 Å². The molecule has 2 aliphatic rings. The van der Waals surface area contributed by atoms with Crippen molar-refractivity contribution in [1.29, 1.82) is 0 Å². The Kier molecular flexibility index (Phi) is 4.70. The highest BCUT2D eigenvalue weighted by Gasteiger charge is 2.40. The smallest absolute Gasteiger partial charge is 0.261 e. The van der Waals surface area contributed by atoms with Gasteiger partial charge in [-0.3, -0.25) is 19.3 Å². The summed E-state index contributed by atoms with van der Waals surface area (Å²) in [6.07, 6.45) is 4.54. The predicted molar refractivity (Wildman–Crippen MR) is 98.4 cm³/mol. The molecule has 28 heavy (non-hydrogen) atoms. The molecule has 1 aromatic carbocycles. The topological polar surface area (TPSA) is 105 Å². The first-order valence-corrected chi connectivity index (χ1v) is 9.57.